The smallest absolute Gasteiger partial charge is 0.159 e. The van der Waals surface area contributed by atoms with Gasteiger partial charge < -0.3 is 0 Å². The number of aromatic nitrogens is 4. The van der Waals surface area contributed by atoms with Gasteiger partial charge in [-0.15, -0.1) is 0 Å². The zero-order chi connectivity index (χ0) is 30.1. The van der Waals surface area contributed by atoms with Gasteiger partial charge in [0.05, 0.1) is 11.0 Å². The second kappa shape index (κ2) is 9.67. The van der Waals surface area contributed by atoms with Crippen LogP contribution in [0, 0.1) is 6.92 Å². The Balaban J connectivity index is 1.65. The molecule has 3 heterocycles. The molecule has 7 aromatic rings. The standard InChI is InChI=1S/C39H38N4/c1-25-22-29(16-17-30(25)36-40-20-11-21-41-36)43-34-19-15-27(39(5,6)7)24-32(34)35-31-23-26(38(2,3)4)14-18-33(31)42(37(35)43)28-12-9-8-10-13-28/h8-24H,1-7H3. The zero-order valence-electron chi connectivity index (χ0n) is 26.1. The molecular formula is C39H38N4. The van der Waals surface area contributed by atoms with Crippen molar-refractivity contribution < 1.29 is 0 Å². The molecule has 0 bridgehead atoms. The van der Waals surface area contributed by atoms with E-state index in [9.17, 15) is 0 Å². The van der Waals surface area contributed by atoms with Crippen LogP contribution in [0.3, 0.4) is 0 Å². The van der Waals surface area contributed by atoms with E-state index in [1.54, 1.807) is 12.4 Å². The first-order valence-electron chi connectivity index (χ1n) is 15.1. The molecule has 0 aliphatic rings. The van der Waals surface area contributed by atoms with Crippen LogP contribution in [0.2, 0.25) is 0 Å². The fraction of sp³-hybridized carbons (Fsp3) is 0.231. The molecule has 0 saturated heterocycles. The highest BCUT2D eigenvalue weighted by Crippen LogP contribution is 2.43. The van der Waals surface area contributed by atoms with Crippen LogP contribution in [-0.4, -0.2) is 19.1 Å². The van der Waals surface area contributed by atoms with E-state index in [-0.39, 0.29) is 10.8 Å². The number of nitrogens with zero attached hydrogens (tertiary/aromatic N) is 4. The maximum absolute atomic E-state index is 4.52. The van der Waals surface area contributed by atoms with Crippen molar-refractivity contribution in [2.24, 2.45) is 0 Å². The van der Waals surface area contributed by atoms with Crippen LogP contribution in [0.15, 0.2) is 103 Å². The minimum absolute atomic E-state index is 0.0326. The van der Waals surface area contributed by atoms with Gasteiger partial charge >= 0.3 is 0 Å². The minimum Gasteiger partial charge on any atom is -0.295 e. The first kappa shape index (κ1) is 27.2. The van der Waals surface area contributed by atoms with E-state index in [1.165, 1.54) is 44.0 Å². The van der Waals surface area contributed by atoms with Gasteiger partial charge in [-0.05, 0) is 95.1 Å². The molecule has 0 unspecified atom stereocenters. The third-order valence-corrected chi connectivity index (χ3v) is 8.68. The van der Waals surface area contributed by atoms with Gasteiger partial charge in [0.2, 0.25) is 0 Å². The van der Waals surface area contributed by atoms with Crippen LogP contribution in [0.4, 0.5) is 0 Å². The Morgan fingerprint density at radius 1 is 0.558 bits per heavy atom. The van der Waals surface area contributed by atoms with E-state index in [0.717, 1.165) is 28.3 Å². The molecule has 0 saturated carbocycles. The summed E-state index contributed by atoms with van der Waals surface area (Å²) < 4.78 is 4.89. The average molecular weight is 563 g/mol. The number of fused-ring (bicyclic) bond motifs is 5. The summed E-state index contributed by atoms with van der Waals surface area (Å²) in [4.78, 5) is 9.05. The summed E-state index contributed by atoms with van der Waals surface area (Å²) in [6, 6.07) is 33.3. The van der Waals surface area contributed by atoms with E-state index in [4.69, 9.17) is 0 Å². The number of benzene rings is 4. The molecule has 0 radical (unpaired) electrons. The monoisotopic (exact) mass is 562 g/mol. The molecular weight excluding hydrogens is 524 g/mol. The summed E-state index contributed by atoms with van der Waals surface area (Å²) in [5, 5.41) is 3.85. The highest BCUT2D eigenvalue weighted by molar-refractivity contribution is 6.22. The lowest BCUT2D eigenvalue weighted by Crippen LogP contribution is -2.11. The Labute approximate surface area is 253 Å². The second-order valence-corrected chi connectivity index (χ2v) is 13.7. The van der Waals surface area contributed by atoms with Gasteiger partial charge in [0.15, 0.2) is 5.82 Å². The molecule has 0 amide bonds. The number of aryl methyl sites for hydroxylation is 1. The molecule has 0 aliphatic heterocycles. The quantitative estimate of drug-likeness (QED) is 0.215. The van der Waals surface area contributed by atoms with Crippen molar-refractivity contribution in [3.05, 3.63) is 120 Å². The van der Waals surface area contributed by atoms with E-state index in [0.29, 0.717) is 0 Å². The number of rotatable bonds is 3. The van der Waals surface area contributed by atoms with Gasteiger partial charge in [0.25, 0.3) is 0 Å². The molecule has 0 N–H and O–H groups in total. The molecule has 214 valence electrons. The predicted octanol–water partition coefficient (Wildman–Crippen LogP) is 10.1. The average Bonchev–Trinajstić information content (AvgIpc) is 3.49. The summed E-state index contributed by atoms with van der Waals surface area (Å²) in [6.45, 7) is 15.9. The van der Waals surface area contributed by atoms with Crippen molar-refractivity contribution in [1.29, 1.82) is 0 Å². The van der Waals surface area contributed by atoms with Crippen molar-refractivity contribution in [3.63, 3.8) is 0 Å². The van der Waals surface area contributed by atoms with Crippen molar-refractivity contribution in [3.8, 4) is 22.8 Å². The summed E-state index contributed by atoms with van der Waals surface area (Å²) in [5.41, 5.74) is 10.8. The summed E-state index contributed by atoms with van der Waals surface area (Å²) in [5.74, 6) is 0.747. The topological polar surface area (TPSA) is 35.6 Å². The summed E-state index contributed by atoms with van der Waals surface area (Å²) in [7, 11) is 0. The van der Waals surface area contributed by atoms with Crippen molar-refractivity contribution in [2.45, 2.75) is 59.3 Å². The highest BCUT2D eigenvalue weighted by Gasteiger charge is 2.26. The summed E-state index contributed by atoms with van der Waals surface area (Å²) >= 11 is 0. The molecule has 0 fully saturated rings. The van der Waals surface area contributed by atoms with Gasteiger partial charge in [0, 0.05) is 45.5 Å². The molecule has 0 atom stereocenters. The zero-order valence-corrected chi connectivity index (χ0v) is 26.1. The molecule has 0 aliphatic carbocycles. The van der Waals surface area contributed by atoms with Crippen molar-refractivity contribution in [2.75, 3.05) is 0 Å². The molecule has 4 aromatic carbocycles. The predicted molar refractivity (Wildman–Crippen MR) is 181 cm³/mol. The first-order chi connectivity index (χ1) is 20.5. The van der Waals surface area contributed by atoms with Crippen LogP contribution >= 0.6 is 0 Å². The highest BCUT2D eigenvalue weighted by atomic mass is 15.1. The fourth-order valence-electron chi connectivity index (χ4n) is 6.31. The Kier molecular flexibility index (Phi) is 6.10. The lowest BCUT2D eigenvalue weighted by atomic mass is 9.85. The third kappa shape index (κ3) is 4.44. The molecule has 3 aromatic heterocycles. The van der Waals surface area contributed by atoms with E-state index >= 15 is 0 Å². The molecule has 43 heavy (non-hydrogen) atoms. The minimum atomic E-state index is 0.0326. The summed E-state index contributed by atoms with van der Waals surface area (Å²) in [6.07, 6.45) is 3.60. The van der Waals surface area contributed by atoms with Crippen LogP contribution in [0.5, 0.6) is 0 Å². The van der Waals surface area contributed by atoms with E-state index in [1.807, 2.05) is 6.07 Å². The van der Waals surface area contributed by atoms with Gasteiger partial charge in [-0.3, -0.25) is 9.13 Å². The van der Waals surface area contributed by atoms with Gasteiger partial charge in [-0.1, -0.05) is 71.9 Å². The Bertz CT molecular complexity index is 2130. The fourth-order valence-corrected chi connectivity index (χ4v) is 6.31. The van der Waals surface area contributed by atoms with E-state index < -0.39 is 0 Å². The molecule has 7 rings (SSSR count). The van der Waals surface area contributed by atoms with Crippen molar-refractivity contribution >= 4 is 32.8 Å². The Morgan fingerprint density at radius 2 is 1.12 bits per heavy atom. The van der Waals surface area contributed by atoms with E-state index in [2.05, 4.69) is 152 Å². The lowest BCUT2D eigenvalue weighted by Gasteiger charge is -2.20. The molecule has 4 nitrogen and oxygen atoms in total. The number of para-hydroxylation sites is 1. The molecule has 4 heteroatoms. The number of hydrogen-bond acceptors (Lipinski definition) is 2. The van der Waals surface area contributed by atoms with Gasteiger partial charge in [-0.2, -0.15) is 0 Å². The van der Waals surface area contributed by atoms with Crippen LogP contribution < -0.4 is 0 Å². The third-order valence-electron chi connectivity index (χ3n) is 8.68. The van der Waals surface area contributed by atoms with Gasteiger partial charge in [0.1, 0.15) is 5.65 Å². The second-order valence-electron chi connectivity index (χ2n) is 13.7. The number of hydrogen-bond donors (Lipinski definition) is 0. The van der Waals surface area contributed by atoms with Gasteiger partial charge in [-0.25, -0.2) is 9.97 Å². The van der Waals surface area contributed by atoms with Crippen molar-refractivity contribution in [1.82, 2.24) is 19.1 Å². The lowest BCUT2D eigenvalue weighted by molar-refractivity contribution is 0.591. The maximum atomic E-state index is 4.52. The Morgan fingerprint density at radius 3 is 1.65 bits per heavy atom. The SMILES string of the molecule is Cc1cc(-n2c3ccc(C(C)(C)C)cc3c3c4cc(C(C)(C)C)ccc4n(-c4ccccc4)c32)ccc1-c1ncccn1. The van der Waals surface area contributed by atoms with Crippen LogP contribution in [-0.2, 0) is 10.8 Å². The maximum Gasteiger partial charge on any atom is 0.159 e. The molecule has 0 spiro atoms. The van der Waals surface area contributed by atoms with Crippen LogP contribution in [0.25, 0.3) is 55.6 Å². The normalized spacial score (nSPS) is 12.5. The first-order valence-corrected chi connectivity index (χ1v) is 15.1. The largest absolute Gasteiger partial charge is 0.295 e. The Hall–Kier alpha value is -4.70. The van der Waals surface area contributed by atoms with Crippen LogP contribution in [0.1, 0.15) is 58.2 Å².